The summed E-state index contributed by atoms with van der Waals surface area (Å²) in [6.07, 6.45) is -6.23. The Kier molecular flexibility index (Phi) is 5.15. The number of carbonyl (C=O) groups excluding carboxylic acids is 1. The third kappa shape index (κ3) is 5.85. The Morgan fingerprint density at radius 2 is 1.67 bits per heavy atom. The van der Waals surface area contributed by atoms with Gasteiger partial charge in [0.05, 0.1) is 11.7 Å². The first kappa shape index (κ1) is 16.7. The Morgan fingerprint density at radius 3 is 1.94 bits per heavy atom. The summed E-state index contributed by atoms with van der Waals surface area (Å²) in [5, 5.41) is 10.2. The second kappa shape index (κ2) is 5.55. The minimum absolute atomic E-state index is 0.740. The summed E-state index contributed by atoms with van der Waals surface area (Å²) in [6, 6.07) is -1.77. The van der Waals surface area contributed by atoms with E-state index < -0.39 is 35.8 Å². The smallest absolute Gasteiger partial charge is 0.471 e. The van der Waals surface area contributed by atoms with Gasteiger partial charge in [0.1, 0.15) is 0 Å². The molecule has 5 nitrogen and oxygen atoms in total. The largest absolute Gasteiger partial charge is 0.480 e. The molecule has 2 N–H and O–H groups in total. The molecule has 18 heavy (non-hydrogen) atoms. The molecule has 0 rings (SSSR count). The third-order valence-corrected chi connectivity index (χ3v) is 1.82. The number of carbonyl (C=O) groups is 2. The number of hydrogen-bond donors (Lipinski definition) is 2. The summed E-state index contributed by atoms with van der Waals surface area (Å²) in [7, 11) is 0. The fourth-order valence-electron chi connectivity index (χ4n) is 1.23. The zero-order valence-electron chi connectivity index (χ0n) is 10.5. The van der Waals surface area contributed by atoms with Crippen molar-refractivity contribution in [2.75, 3.05) is 0 Å². The number of carboxylic acid groups (broad SMARTS) is 1. The number of alkyl halides is 3. The Morgan fingerprint density at radius 1 is 1.22 bits per heavy atom. The predicted molar refractivity (Wildman–Crippen MR) is 55.9 cm³/mol. The highest BCUT2D eigenvalue weighted by molar-refractivity contribution is 5.87. The quantitative estimate of drug-likeness (QED) is 0.808. The van der Waals surface area contributed by atoms with Gasteiger partial charge in [0.25, 0.3) is 0 Å². The molecule has 2 atom stereocenters. The van der Waals surface area contributed by atoms with Crippen LogP contribution in [0.15, 0.2) is 0 Å². The molecule has 0 aliphatic heterocycles. The predicted octanol–water partition coefficient (Wildman–Crippen LogP) is 1.32. The van der Waals surface area contributed by atoms with Gasteiger partial charge in [-0.15, -0.1) is 0 Å². The average Bonchev–Trinajstić information content (AvgIpc) is 2.07. The second-order valence-electron chi connectivity index (χ2n) is 4.72. The van der Waals surface area contributed by atoms with Crippen molar-refractivity contribution in [2.24, 2.45) is 0 Å². The minimum Gasteiger partial charge on any atom is -0.480 e. The number of ether oxygens (including phenoxy) is 1. The van der Waals surface area contributed by atoms with Gasteiger partial charge in [0.2, 0.25) is 0 Å². The minimum atomic E-state index is -5.13. The SMILES string of the molecule is C[C@@H](OC(C)(C)C)[C@H](NC(=O)C(F)(F)F)C(=O)O. The van der Waals surface area contributed by atoms with Crippen LogP contribution < -0.4 is 5.32 Å². The number of amides is 1. The van der Waals surface area contributed by atoms with E-state index in [1.165, 1.54) is 12.2 Å². The molecule has 1 amide bonds. The molecule has 0 aromatic rings. The van der Waals surface area contributed by atoms with E-state index in [4.69, 9.17) is 9.84 Å². The maximum atomic E-state index is 12.0. The summed E-state index contributed by atoms with van der Waals surface area (Å²) in [4.78, 5) is 21.5. The van der Waals surface area contributed by atoms with Gasteiger partial charge in [-0.3, -0.25) is 4.79 Å². The van der Waals surface area contributed by atoms with Crippen LogP contribution in [0.3, 0.4) is 0 Å². The average molecular weight is 271 g/mol. The molecule has 0 fully saturated rings. The lowest BCUT2D eigenvalue weighted by molar-refractivity contribution is -0.178. The Balaban J connectivity index is 4.79. The Hall–Kier alpha value is -1.31. The van der Waals surface area contributed by atoms with Crippen LogP contribution in [-0.2, 0) is 14.3 Å². The number of hydrogen-bond acceptors (Lipinski definition) is 3. The van der Waals surface area contributed by atoms with Crippen LogP contribution in [0, 0.1) is 0 Å². The maximum absolute atomic E-state index is 12.0. The summed E-state index contributed by atoms with van der Waals surface area (Å²) >= 11 is 0. The first-order valence-electron chi connectivity index (χ1n) is 5.13. The molecule has 0 aromatic carbocycles. The van der Waals surface area contributed by atoms with E-state index in [0.717, 1.165) is 0 Å². The van der Waals surface area contributed by atoms with Gasteiger partial charge in [0.15, 0.2) is 6.04 Å². The second-order valence-corrected chi connectivity index (χ2v) is 4.72. The van der Waals surface area contributed by atoms with Crippen LogP contribution in [0.25, 0.3) is 0 Å². The molecule has 0 bridgehead atoms. The third-order valence-electron chi connectivity index (χ3n) is 1.82. The van der Waals surface area contributed by atoms with Crippen molar-refractivity contribution in [2.45, 2.75) is 51.6 Å². The molecule has 0 saturated heterocycles. The molecule has 106 valence electrons. The lowest BCUT2D eigenvalue weighted by atomic mass is 10.1. The molecule has 0 heterocycles. The summed E-state index contributed by atoms with van der Waals surface area (Å²) in [5.74, 6) is -3.90. The standard InChI is InChI=1S/C10H16F3NO4/c1-5(18-9(2,3)4)6(7(15)16)14-8(17)10(11,12)13/h5-6H,1-4H3,(H,14,17)(H,15,16)/t5-,6+/m1/s1. The molecule has 0 aliphatic carbocycles. The zero-order chi connectivity index (χ0) is 14.7. The maximum Gasteiger partial charge on any atom is 0.471 e. The Labute approximate surface area is 102 Å². The van der Waals surface area contributed by atoms with E-state index in [1.807, 2.05) is 0 Å². The molecule has 0 saturated carbocycles. The van der Waals surface area contributed by atoms with E-state index in [0.29, 0.717) is 0 Å². The van der Waals surface area contributed by atoms with Gasteiger partial charge in [-0.2, -0.15) is 13.2 Å². The van der Waals surface area contributed by atoms with Crippen LogP contribution in [0.1, 0.15) is 27.7 Å². The molecular weight excluding hydrogens is 255 g/mol. The van der Waals surface area contributed by atoms with E-state index in [2.05, 4.69) is 0 Å². The van der Waals surface area contributed by atoms with Crippen LogP contribution in [0.2, 0.25) is 0 Å². The topological polar surface area (TPSA) is 75.6 Å². The fraction of sp³-hybridized carbons (Fsp3) is 0.800. The van der Waals surface area contributed by atoms with Crippen LogP contribution in [0.4, 0.5) is 13.2 Å². The van der Waals surface area contributed by atoms with E-state index in [9.17, 15) is 22.8 Å². The van der Waals surface area contributed by atoms with Crippen molar-refractivity contribution < 1.29 is 32.6 Å². The number of aliphatic carboxylic acids is 1. The van der Waals surface area contributed by atoms with Gasteiger partial charge in [0, 0.05) is 0 Å². The lowest BCUT2D eigenvalue weighted by Gasteiger charge is -2.29. The lowest BCUT2D eigenvalue weighted by Crippen LogP contribution is -2.53. The van der Waals surface area contributed by atoms with Gasteiger partial charge in [-0.05, 0) is 27.7 Å². The normalized spacial score (nSPS) is 15.9. The molecular formula is C10H16F3NO4. The number of halogens is 3. The van der Waals surface area contributed by atoms with Crippen molar-refractivity contribution in [3.8, 4) is 0 Å². The number of nitrogens with one attached hydrogen (secondary N) is 1. The highest BCUT2D eigenvalue weighted by atomic mass is 19.4. The monoisotopic (exact) mass is 271 g/mol. The summed E-state index contributed by atoms with van der Waals surface area (Å²) < 4.78 is 41.3. The van der Waals surface area contributed by atoms with Crippen molar-refractivity contribution in [3.63, 3.8) is 0 Å². The zero-order valence-corrected chi connectivity index (χ0v) is 10.5. The highest BCUT2D eigenvalue weighted by Crippen LogP contribution is 2.17. The molecule has 0 aliphatic rings. The first-order chi connectivity index (χ1) is 7.84. The van der Waals surface area contributed by atoms with Crippen LogP contribution in [-0.4, -0.2) is 40.9 Å². The molecule has 0 radical (unpaired) electrons. The van der Waals surface area contributed by atoms with E-state index >= 15 is 0 Å². The van der Waals surface area contributed by atoms with Crippen LogP contribution >= 0.6 is 0 Å². The van der Waals surface area contributed by atoms with Gasteiger partial charge in [-0.25, -0.2) is 4.79 Å². The van der Waals surface area contributed by atoms with E-state index in [-0.39, 0.29) is 0 Å². The van der Waals surface area contributed by atoms with Gasteiger partial charge in [-0.1, -0.05) is 0 Å². The fourth-order valence-corrected chi connectivity index (χ4v) is 1.23. The Bertz CT molecular complexity index is 322. The van der Waals surface area contributed by atoms with Crippen molar-refractivity contribution in [1.29, 1.82) is 0 Å². The number of carboxylic acids is 1. The van der Waals surface area contributed by atoms with Crippen molar-refractivity contribution >= 4 is 11.9 Å². The van der Waals surface area contributed by atoms with Gasteiger partial charge >= 0.3 is 18.1 Å². The molecule has 0 unspecified atom stereocenters. The van der Waals surface area contributed by atoms with Crippen molar-refractivity contribution in [1.82, 2.24) is 5.32 Å². The number of rotatable bonds is 4. The van der Waals surface area contributed by atoms with Crippen LogP contribution in [0.5, 0.6) is 0 Å². The molecule has 0 aromatic heterocycles. The van der Waals surface area contributed by atoms with Crippen molar-refractivity contribution in [3.05, 3.63) is 0 Å². The molecule has 8 heteroatoms. The highest BCUT2D eigenvalue weighted by Gasteiger charge is 2.42. The summed E-state index contributed by atoms with van der Waals surface area (Å²) in [5.41, 5.74) is -0.740. The van der Waals surface area contributed by atoms with E-state index in [1.54, 1.807) is 20.8 Å². The first-order valence-corrected chi connectivity index (χ1v) is 5.13. The summed E-state index contributed by atoms with van der Waals surface area (Å²) in [6.45, 7) is 6.14. The molecule has 0 spiro atoms. The van der Waals surface area contributed by atoms with Gasteiger partial charge < -0.3 is 15.2 Å².